The summed E-state index contributed by atoms with van der Waals surface area (Å²) in [5, 5.41) is 10.6. The predicted octanol–water partition coefficient (Wildman–Crippen LogP) is 0.567. The first-order chi connectivity index (χ1) is 10.8. The van der Waals surface area contributed by atoms with Crippen LogP contribution in [-0.4, -0.2) is 67.3 Å². The van der Waals surface area contributed by atoms with E-state index in [9.17, 15) is 14.7 Å². The minimum Gasteiger partial charge on any atom is -0.490 e. The molecule has 1 fully saturated rings. The Bertz CT molecular complexity index is 613. The molecular weight excluding hydrogens is 300 g/mol. The predicted molar refractivity (Wildman–Crippen MR) is 84.8 cm³/mol. The molecule has 1 aliphatic rings. The summed E-state index contributed by atoms with van der Waals surface area (Å²) < 4.78 is 10.1. The number of nitrogens with zero attached hydrogens (tertiary/aromatic N) is 2. The van der Waals surface area contributed by atoms with Gasteiger partial charge in [-0.15, -0.1) is 0 Å². The molecule has 0 aromatic carbocycles. The van der Waals surface area contributed by atoms with E-state index in [2.05, 4.69) is 0 Å². The van der Waals surface area contributed by atoms with E-state index >= 15 is 0 Å². The number of aliphatic hydroxyl groups is 1. The largest absolute Gasteiger partial charge is 0.490 e. The van der Waals surface area contributed by atoms with Crippen LogP contribution in [0.15, 0.2) is 21.5 Å². The van der Waals surface area contributed by atoms with Gasteiger partial charge in [0, 0.05) is 25.7 Å². The number of methoxy groups -OCH3 is 1. The molecule has 7 nitrogen and oxygen atoms in total. The molecule has 1 aromatic heterocycles. The number of rotatable bonds is 4. The van der Waals surface area contributed by atoms with E-state index in [0.717, 1.165) is 12.3 Å². The quantitative estimate of drug-likeness (QED) is 0.872. The van der Waals surface area contributed by atoms with E-state index in [1.54, 1.807) is 4.90 Å². The Morgan fingerprint density at radius 3 is 2.78 bits per heavy atom. The molecule has 0 spiro atoms. The molecule has 2 heterocycles. The van der Waals surface area contributed by atoms with Crippen molar-refractivity contribution >= 4 is 5.91 Å². The van der Waals surface area contributed by atoms with Crippen molar-refractivity contribution in [2.45, 2.75) is 24.9 Å². The van der Waals surface area contributed by atoms with Crippen LogP contribution in [0.3, 0.4) is 0 Å². The standard InChI is InChI=1S/C16H24N2O5/c1-17(2)11-16(21)5-4-7-18(8-6-16)15(20)13-9-12(19)14(22-3)10-23-13/h9-10,21H,4-8,11H2,1-3H3/t16-/m0/s1. The van der Waals surface area contributed by atoms with Gasteiger partial charge in [-0.05, 0) is 33.4 Å². The Hall–Kier alpha value is -1.86. The maximum Gasteiger partial charge on any atom is 0.289 e. The van der Waals surface area contributed by atoms with Gasteiger partial charge in [0.2, 0.25) is 11.2 Å². The van der Waals surface area contributed by atoms with Crippen LogP contribution in [0, 0.1) is 0 Å². The van der Waals surface area contributed by atoms with Crippen molar-refractivity contribution in [1.29, 1.82) is 0 Å². The molecule has 128 valence electrons. The number of ether oxygens (including phenoxy) is 1. The van der Waals surface area contributed by atoms with Gasteiger partial charge >= 0.3 is 0 Å². The fraction of sp³-hybridized carbons (Fsp3) is 0.625. The average Bonchev–Trinajstić information content (AvgIpc) is 2.67. The fourth-order valence-corrected chi connectivity index (χ4v) is 2.94. The molecule has 1 aromatic rings. The molecule has 0 aliphatic carbocycles. The molecule has 1 N–H and O–H groups in total. The topological polar surface area (TPSA) is 83.2 Å². The first-order valence-electron chi connectivity index (χ1n) is 7.68. The van der Waals surface area contributed by atoms with Crippen molar-refractivity contribution in [2.24, 2.45) is 0 Å². The van der Waals surface area contributed by atoms with Crippen LogP contribution in [0.2, 0.25) is 0 Å². The average molecular weight is 324 g/mol. The van der Waals surface area contributed by atoms with Crippen molar-refractivity contribution in [3.8, 4) is 5.75 Å². The second kappa shape index (κ2) is 7.14. The number of amides is 1. The molecule has 0 radical (unpaired) electrons. The van der Waals surface area contributed by atoms with Gasteiger partial charge in [-0.2, -0.15) is 0 Å². The van der Waals surface area contributed by atoms with Crippen LogP contribution in [-0.2, 0) is 0 Å². The van der Waals surface area contributed by atoms with Gasteiger partial charge in [0.05, 0.1) is 12.7 Å². The summed E-state index contributed by atoms with van der Waals surface area (Å²) in [5.41, 5.74) is -1.18. The van der Waals surface area contributed by atoms with Gasteiger partial charge < -0.3 is 24.1 Å². The summed E-state index contributed by atoms with van der Waals surface area (Å²) in [4.78, 5) is 27.8. The van der Waals surface area contributed by atoms with Crippen molar-refractivity contribution in [3.05, 3.63) is 28.3 Å². The van der Waals surface area contributed by atoms with Crippen LogP contribution in [0.1, 0.15) is 29.8 Å². The highest BCUT2D eigenvalue weighted by Crippen LogP contribution is 2.24. The van der Waals surface area contributed by atoms with Crippen LogP contribution in [0.25, 0.3) is 0 Å². The monoisotopic (exact) mass is 324 g/mol. The number of carbonyl (C=O) groups is 1. The second-order valence-corrected chi connectivity index (χ2v) is 6.28. The Morgan fingerprint density at radius 2 is 2.17 bits per heavy atom. The first-order valence-corrected chi connectivity index (χ1v) is 7.68. The lowest BCUT2D eigenvalue weighted by molar-refractivity contribution is 0.00296. The molecule has 0 bridgehead atoms. The SMILES string of the molecule is COc1coc(C(=O)N2CCC[C@@](O)(CN(C)C)CC2)cc1=O. The molecule has 1 amide bonds. The fourth-order valence-electron chi connectivity index (χ4n) is 2.94. The van der Waals surface area contributed by atoms with Gasteiger partial charge in [-0.25, -0.2) is 0 Å². The van der Waals surface area contributed by atoms with Crippen molar-refractivity contribution in [1.82, 2.24) is 9.80 Å². The maximum absolute atomic E-state index is 12.5. The summed E-state index contributed by atoms with van der Waals surface area (Å²) >= 11 is 0. The zero-order valence-corrected chi connectivity index (χ0v) is 13.9. The molecule has 7 heteroatoms. The van der Waals surface area contributed by atoms with Gasteiger partial charge in [0.25, 0.3) is 5.91 Å². The van der Waals surface area contributed by atoms with Gasteiger partial charge in [0.1, 0.15) is 6.26 Å². The van der Waals surface area contributed by atoms with Crippen LogP contribution in [0.5, 0.6) is 5.75 Å². The third-order valence-corrected chi connectivity index (χ3v) is 4.04. The normalized spacial score (nSPS) is 22.0. The summed E-state index contributed by atoms with van der Waals surface area (Å²) in [7, 11) is 5.20. The van der Waals surface area contributed by atoms with E-state index < -0.39 is 5.60 Å². The number of hydrogen-bond donors (Lipinski definition) is 1. The van der Waals surface area contributed by atoms with Gasteiger partial charge in [0.15, 0.2) is 5.76 Å². The Balaban J connectivity index is 2.09. The lowest BCUT2D eigenvalue weighted by Gasteiger charge is -2.29. The molecule has 1 saturated heterocycles. The highest BCUT2D eigenvalue weighted by molar-refractivity contribution is 5.91. The lowest BCUT2D eigenvalue weighted by Crippen LogP contribution is -2.41. The Morgan fingerprint density at radius 1 is 1.43 bits per heavy atom. The number of hydrogen-bond acceptors (Lipinski definition) is 6. The maximum atomic E-state index is 12.5. The number of likely N-dealkylation sites (N-methyl/N-ethyl adjacent to an activating group) is 1. The van der Waals surface area contributed by atoms with Gasteiger partial charge in [-0.3, -0.25) is 9.59 Å². The third-order valence-electron chi connectivity index (χ3n) is 4.04. The highest BCUT2D eigenvalue weighted by Gasteiger charge is 2.32. The minimum absolute atomic E-state index is 0.00570. The van der Waals surface area contributed by atoms with Crippen molar-refractivity contribution in [2.75, 3.05) is 40.8 Å². The van der Waals surface area contributed by atoms with E-state index in [0.29, 0.717) is 38.9 Å². The Labute approximate surface area is 135 Å². The zero-order valence-electron chi connectivity index (χ0n) is 13.9. The first kappa shape index (κ1) is 17.5. The molecule has 1 atom stereocenters. The van der Waals surface area contributed by atoms with Gasteiger partial charge in [-0.1, -0.05) is 0 Å². The number of carbonyl (C=O) groups excluding carboxylic acids is 1. The van der Waals surface area contributed by atoms with Crippen LogP contribution >= 0.6 is 0 Å². The molecule has 1 aliphatic heterocycles. The summed E-state index contributed by atoms with van der Waals surface area (Å²) in [6.07, 6.45) is 2.99. The molecule has 23 heavy (non-hydrogen) atoms. The van der Waals surface area contributed by atoms with E-state index in [1.165, 1.54) is 7.11 Å². The molecule has 0 unspecified atom stereocenters. The lowest BCUT2D eigenvalue weighted by atomic mass is 9.94. The molecule has 2 rings (SSSR count). The minimum atomic E-state index is -0.792. The highest BCUT2D eigenvalue weighted by atomic mass is 16.5. The number of likely N-dealkylation sites (tertiary alicyclic amines) is 1. The van der Waals surface area contributed by atoms with Crippen LogP contribution < -0.4 is 10.2 Å². The zero-order chi connectivity index (χ0) is 17.0. The van der Waals surface area contributed by atoms with E-state index in [1.807, 2.05) is 19.0 Å². The summed E-state index contributed by atoms with van der Waals surface area (Å²) in [5.74, 6) is -0.273. The van der Waals surface area contributed by atoms with Crippen LogP contribution in [0.4, 0.5) is 0 Å². The Kier molecular flexibility index (Phi) is 5.43. The molecular formula is C16H24N2O5. The van der Waals surface area contributed by atoms with E-state index in [4.69, 9.17) is 9.15 Å². The molecule has 0 saturated carbocycles. The van der Waals surface area contributed by atoms with Crippen molar-refractivity contribution < 1.29 is 19.1 Å². The van der Waals surface area contributed by atoms with Crippen molar-refractivity contribution in [3.63, 3.8) is 0 Å². The third kappa shape index (κ3) is 4.33. The van der Waals surface area contributed by atoms with E-state index in [-0.39, 0.29) is 22.8 Å². The second-order valence-electron chi connectivity index (χ2n) is 6.28. The smallest absolute Gasteiger partial charge is 0.289 e. The summed E-state index contributed by atoms with van der Waals surface area (Å²) in [6, 6.07) is 1.15. The summed E-state index contributed by atoms with van der Waals surface area (Å²) in [6.45, 7) is 1.52.